The molecule has 2 heterocycles. The standard InChI is InChI=1S/C16H18FN3/c17-15-3-1-2-13(10-15)14-4-5-16(19-11-14)12-20-8-6-18-7-9-20/h1-5,10-11,18H,6-9,12H2. The molecule has 104 valence electrons. The summed E-state index contributed by atoms with van der Waals surface area (Å²) in [4.78, 5) is 6.88. The molecule has 0 unspecified atom stereocenters. The number of pyridine rings is 1. The fraction of sp³-hybridized carbons (Fsp3) is 0.312. The summed E-state index contributed by atoms with van der Waals surface area (Å²) in [5.41, 5.74) is 2.88. The Morgan fingerprint density at radius 2 is 1.95 bits per heavy atom. The molecule has 0 saturated carbocycles. The Bertz CT molecular complexity index is 562. The van der Waals surface area contributed by atoms with Gasteiger partial charge in [-0.25, -0.2) is 4.39 Å². The molecule has 1 fully saturated rings. The van der Waals surface area contributed by atoms with Gasteiger partial charge < -0.3 is 5.32 Å². The SMILES string of the molecule is Fc1cccc(-c2ccc(CN3CCNCC3)nc2)c1. The van der Waals surface area contributed by atoms with Gasteiger partial charge in [0.15, 0.2) is 0 Å². The molecule has 3 nitrogen and oxygen atoms in total. The van der Waals surface area contributed by atoms with Gasteiger partial charge in [0.2, 0.25) is 0 Å². The van der Waals surface area contributed by atoms with Crippen molar-refractivity contribution in [2.45, 2.75) is 6.54 Å². The van der Waals surface area contributed by atoms with Crippen LogP contribution in [0.2, 0.25) is 0 Å². The van der Waals surface area contributed by atoms with Crippen molar-refractivity contribution in [3.05, 3.63) is 54.1 Å². The van der Waals surface area contributed by atoms with Crippen molar-refractivity contribution in [1.82, 2.24) is 15.2 Å². The summed E-state index contributed by atoms with van der Waals surface area (Å²) in [7, 11) is 0. The highest BCUT2D eigenvalue weighted by Crippen LogP contribution is 2.19. The molecule has 0 atom stereocenters. The minimum atomic E-state index is -0.215. The number of hydrogen-bond acceptors (Lipinski definition) is 3. The van der Waals surface area contributed by atoms with Crippen molar-refractivity contribution < 1.29 is 4.39 Å². The molecule has 0 bridgehead atoms. The third-order valence-electron chi connectivity index (χ3n) is 3.58. The van der Waals surface area contributed by atoms with Gasteiger partial charge in [-0.1, -0.05) is 18.2 Å². The van der Waals surface area contributed by atoms with E-state index < -0.39 is 0 Å². The van der Waals surface area contributed by atoms with Crippen LogP contribution in [-0.4, -0.2) is 36.1 Å². The maximum absolute atomic E-state index is 13.2. The molecular weight excluding hydrogens is 253 g/mol. The smallest absolute Gasteiger partial charge is 0.123 e. The Morgan fingerprint density at radius 1 is 1.10 bits per heavy atom. The van der Waals surface area contributed by atoms with E-state index in [1.807, 2.05) is 24.4 Å². The molecule has 0 aliphatic carbocycles. The first kappa shape index (κ1) is 13.2. The summed E-state index contributed by atoms with van der Waals surface area (Å²) < 4.78 is 13.2. The van der Waals surface area contributed by atoms with Gasteiger partial charge in [0.05, 0.1) is 5.69 Å². The fourth-order valence-electron chi connectivity index (χ4n) is 2.46. The van der Waals surface area contributed by atoms with Crippen LogP contribution in [0, 0.1) is 5.82 Å². The van der Waals surface area contributed by atoms with Crippen LogP contribution in [0.4, 0.5) is 4.39 Å². The molecule has 0 amide bonds. The number of nitrogens with one attached hydrogen (secondary N) is 1. The van der Waals surface area contributed by atoms with E-state index in [1.165, 1.54) is 12.1 Å². The zero-order chi connectivity index (χ0) is 13.8. The molecule has 4 heteroatoms. The maximum Gasteiger partial charge on any atom is 0.123 e. The predicted octanol–water partition coefficient (Wildman–Crippen LogP) is 2.29. The third kappa shape index (κ3) is 3.21. The third-order valence-corrected chi connectivity index (χ3v) is 3.58. The van der Waals surface area contributed by atoms with Crippen LogP contribution in [0.5, 0.6) is 0 Å². The van der Waals surface area contributed by atoms with Crippen molar-refractivity contribution in [1.29, 1.82) is 0 Å². The van der Waals surface area contributed by atoms with E-state index in [2.05, 4.69) is 15.2 Å². The van der Waals surface area contributed by atoms with Crippen molar-refractivity contribution in [3.8, 4) is 11.1 Å². The zero-order valence-corrected chi connectivity index (χ0v) is 11.3. The molecule has 1 aliphatic rings. The van der Waals surface area contributed by atoms with Gasteiger partial charge in [0, 0.05) is 44.5 Å². The van der Waals surface area contributed by atoms with Crippen LogP contribution in [0.15, 0.2) is 42.6 Å². The topological polar surface area (TPSA) is 28.2 Å². The number of benzene rings is 1. The zero-order valence-electron chi connectivity index (χ0n) is 11.3. The van der Waals surface area contributed by atoms with Crippen LogP contribution < -0.4 is 5.32 Å². The quantitative estimate of drug-likeness (QED) is 0.928. The van der Waals surface area contributed by atoms with E-state index in [0.717, 1.165) is 49.5 Å². The van der Waals surface area contributed by atoms with Gasteiger partial charge in [0.1, 0.15) is 5.82 Å². The Balaban J connectivity index is 1.71. The highest BCUT2D eigenvalue weighted by Gasteiger charge is 2.10. The Morgan fingerprint density at radius 3 is 2.65 bits per heavy atom. The second-order valence-corrected chi connectivity index (χ2v) is 5.07. The average Bonchev–Trinajstić information content (AvgIpc) is 2.49. The van der Waals surface area contributed by atoms with E-state index >= 15 is 0 Å². The monoisotopic (exact) mass is 271 g/mol. The van der Waals surface area contributed by atoms with Crippen LogP contribution in [0.25, 0.3) is 11.1 Å². The van der Waals surface area contributed by atoms with Crippen molar-refractivity contribution in [2.24, 2.45) is 0 Å². The van der Waals surface area contributed by atoms with Gasteiger partial charge in [-0.05, 0) is 23.8 Å². The lowest BCUT2D eigenvalue weighted by Gasteiger charge is -2.26. The lowest BCUT2D eigenvalue weighted by molar-refractivity contribution is 0.231. The van der Waals surface area contributed by atoms with Crippen molar-refractivity contribution >= 4 is 0 Å². The van der Waals surface area contributed by atoms with E-state index in [-0.39, 0.29) is 5.82 Å². The van der Waals surface area contributed by atoms with Gasteiger partial charge in [-0.3, -0.25) is 9.88 Å². The van der Waals surface area contributed by atoms with E-state index in [9.17, 15) is 4.39 Å². The second-order valence-electron chi connectivity index (χ2n) is 5.07. The van der Waals surface area contributed by atoms with Crippen molar-refractivity contribution in [2.75, 3.05) is 26.2 Å². The molecule has 1 aliphatic heterocycles. The summed E-state index contributed by atoms with van der Waals surface area (Å²) in [6.07, 6.45) is 1.83. The van der Waals surface area contributed by atoms with Crippen LogP contribution in [0.1, 0.15) is 5.69 Å². The predicted molar refractivity (Wildman–Crippen MR) is 77.8 cm³/mol. The summed E-state index contributed by atoms with van der Waals surface area (Å²) in [5, 5.41) is 3.34. The van der Waals surface area contributed by atoms with Gasteiger partial charge in [-0.2, -0.15) is 0 Å². The largest absolute Gasteiger partial charge is 0.314 e. The van der Waals surface area contributed by atoms with E-state index in [1.54, 1.807) is 6.07 Å². The normalized spacial score (nSPS) is 16.2. The lowest BCUT2D eigenvalue weighted by atomic mass is 10.1. The molecule has 1 N–H and O–H groups in total. The number of rotatable bonds is 3. The average molecular weight is 271 g/mol. The van der Waals surface area contributed by atoms with Gasteiger partial charge >= 0.3 is 0 Å². The Hall–Kier alpha value is -1.78. The number of hydrogen-bond donors (Lipinski definition) is 1. The van der Waals surface area contributed by atoms with Crippen LogP contribution in [-0.2, 0) is 6.54 Å². The number of aromatic nitrogens is 1. The molecule has 1 aromatic heterocycles. The molecule has 20 heavy (non-hydrogen) atoms. The molecule has 1 saturated heterocycles. The minimum Gasteiger partial charge on any atom is -0.314 e. The second kappa shape index (κ2) is 6.11. The number of nitrogens with zero attached hydrogens (tertiary/aromatic N) is 2. The highest BCUT2D eigenvalue weighted by atomic mass is 19.1. The summed E-state index contributed by atoms with van der Waals surface area (Å²) in [5.74, 6) is -0.215. The number of piperazine rings is 1. The lowest BCUT2D eigenvalue weighted by Crippen LogP contribution is -2.43. The van der Waals surface area contributed by atoms with Crippen LogP contribution in [0.3, 0.4) is 0 Å². The minimum absolute atomic E-state index is 0.215. The first-order chi connectivity index (χ1) is 9.81. The summed E-state index contributed by atoms with van der Waals surface area (Å²) in [6, 6.07) is 10.7. The molecule has 2 aromatic rings. The highest BCUT2D eigenvalue weighted by molar-refractivity contribution is 5.62. The molecule has 0 spiro atoms. The Kier molecular flexibility index (Phi) is 4.04. The Labute approximate surface area is 118 Å². The first-order valence-electron chi connectivity index (χ1n) is 6.95. The fourth-order valence-corrected chi connectivity index (χ4v) is 2.46. The molecular formula is C16H18FN3. The number of halogens is 1. The first-order valence-corrected chi connectivity index (χ1v) is 6.95. The van der Waals surface area contributed by atoms with Crippen LogP contribution >= 0.6 is 0 Å². The van der Waals surface area contributed by atoms with E-state index in [0.29, 0.717) is 0 Å². The van der Waals surface area contributed by atoms with Gasteiger partial charge in [-0.15, -0.1) is 0 Å². The maximum atomic E-state index is 13.2. The molecule has 3 rings (SSSR count). The molecule has 1 aromatic carbocycles. The summed E-state index contributed by atoms with van der Waals surface area (Å²) in [6.45, 7) is 5.09. The van der Waals surface area contributed by atoms with Crippen molar-refractivity contribution in [3.63, 3.8) is 0 Å². The van der Waals surface area contributed by atoms with E-state index in [4.69, 9.17) is 0 Å². The van der Waals surface area contributed by atoms with Gasteiger partial charge in [0.25, 0.3) is 0 Å². The molecule has 0 radical (unpaired) electrons. The summed E-state index contributed by atoms with van der Waals surface area (Å²) >= 11 is 0.